The molecule has 23 heavy (non-hydrogen) atoms. The molecule has 1 heterocycles. The number of anilines is 1. The molecule has 1 aliphatic carbocycles. The van der Waals surface area contributed by atoms with Crippen LogP contribution in [0, 0.1) is 0 Å². The van der Waals surface area contributed by atoms with E-state index in [0.29, 0.717) is 19.2 Å². The van der Waals surface area contributed by atoms with Crippen molar-refractivity contribution in [3.63, 3.8) is 0 Å². The first-order valence-electron chi connectivity index (χ1n) is 8.04. The highest BCUT2D eigenvalue weighted by Gasteiger charge is 2.30. The van der Waals surface area contributed by atoms with Crippen molar-refractivity contribution in [2.24, 2.45) is 0 Å². The van der Waals surface area contributed by atoms with Gasteiger partial charge in [-0.2, -0.15) is 0 Å². The Morgan fingerprint density at radius 3 is 2.83 bits per heavy atom. The first-order valence-corrected chi connectivity index (χ1v) is 8.92. The van der Waals surface area contributed by atoms with E-state index in [0.717, 1.165) is 18.0 Å². The molecule has 1 aromatic carbocycles. The summed E-state index contributed by atoms with van der Waals surface area (Å²) in [6, 6.07) is 12.3. The quantitative estimate of drug-likeness (QED) is 0.801. The molecule has 122 valence electrons. The van der Waals surface area contributed by atoms with Crippen LogP contribution in [0.15, 0.2) is 41.8 Å². The zero-order valence-corrected chi connectivity index (χ0v) is 14.1. The fourth-order valence-electron chi connectivity index (χ4n) is 2.58. The predicted molar refractivity (Wildman–Crippen MR) is 94.0 cm³/mol. The van der Waals surface area contributed by atoms with Crippen LogP contribution < -0.4 is 10.1 Å². The van der Waals surface area contributed by atoms with Crippen molar-refractivity contribution in [1.29, 1.82) is 0 Å². The molecule has 0 radical (unpaired) electrons. The second-order valence-corrected chi connectivity index (χ2v) is 6.73. The summed E-state index contributed by atoms with van der Waals surface area (Å²) in [5, 5.41) is 5.07. The van der Waals surface area contributed by atoms with E-state index in [1.165, 1.54) is 17.7 Å². The van der Waals surface area contributed by atoms with Gasteiger partial charge in [0.2, 0.25) is 5.91 Å². The Balaban J connectivity index is 1.61. The number of ether oxygens (including phenoxy) is 1. The van der Waals surface area contributed by atoms with Gasteiger partial charge in [-0.3, -0.25) is 9.69 Å². The topological polar surface area (TPSA) is 41.6 Å². The van der Waals surface area contributed by atoms with Gasteiger partial charge in [-0.05, 0) is 43.3 Å². The van der Waals surface area contributed by atoms with Gasteiger partial charge in [-0.25, -0.2) is 0 Å². The SMILES string of the molecule is CCOc1ccccc1NC(=O)CN(Cc1cccs1)C1CC1. The summed E-state index contributed by atoms with van der Waals surface area (Å²) in [4.78, 5) is 16.0. The zero-order chi connectivity index (χ0) is 16.1. The largest absolute Gasteiger partial charge is 0.492 e. The summed E-state index contributed by atoms with van der Waals surface area (Å²) in [7, 11) is 0. The molecule has 0 spiro atoms. The molecule has 1 aliphatic rings. The first kappa shape index (κ1) is 16.0. The monoisotopic (exact) mass is 330 g/mol. The summed E-state index contributed by atoms with van der Waals surface area (Å²) in [5.74, 6) is 0.736. The van der Waals surface area contributed by atoms with Crippen molar-refractivity contribution in [1.82, 2.24) is 4.90 Å². The number of hydrogen-bond acceptors (Lipinski definition) is 4. The van der Waals surface area contributed by atoms with Gasteiger partial charge in [0, 0.05) is 17.5 Å². The number of carbonyl (C=O) groups excluding carboxylic acids is 1. The van der Waals surface area contributed by atoms with E-state index in [-0.39, 0.29) is 5.91 Å². The van der Waals surface area contributed by atoms with Crippen LogP contribution in [0.25, 0.3) is 0 Å². The van der Waals surface area contributed by atoms with Crippen molar-refractivity contribution < 1.29 is 9.53 Å². The Morgan fingerprint density at radius 1 is 1.30 bits per heavy atom. The molecule has 2 aromatic rings. The summed E-state index contributed by atoms with van der Waals surface area (Å²) in [6.07, 6.45) is 2.38. The molecule has 0 saturated heterocycles. The lowest BCUT2D eigenvalue weighted by molar-refractivity contribution is -0.117. The van der Waals surface area contributed by atoms with E-state index >= 15 is 0 Å². The molecular weight excluding hydrogens is 308 g/mol. The third-order valence-electron chi connectivity index (χ3n) is 3.81. The number of amides is 1. The minimum atomic E-state index is 0.0145. The highest BCUT2D eigenvalue weighted by molar-refractivity contribution is 7.09. The van der Waals surface area contributed by atoms with Crippen molar-refractivity contribution in [3.8, 4) is 5.75 Å². The van der Waals surface area contributed by atoms with E-state index in [4.69, 9.17) is 4.74 Å². The Bertz CT molecular complexity index is 638. The Kier molecular flexibility index (Phi) is 5.31. The maximum atomic E-state index is 12.4. The van der Waals surface area contributed by atoms with E-state index in [9.17, 15) is 4.79 Å². The summed E-state index contributed by atoms with van der Waals surface area (Å²) >= 11 is 1.74. The van der Waals surface area contributed by atoms with Gasteiger partial charge in [0.1, 0.15) is 5.75 Å². The predicted octanol–water partition coefficient (Wildman–Crippen LogP) is 3.75. The number of nitrogens with one attached hydrogen (secondary N) is 1. The van der Waals surface area contributed by atoms with Gasteiger partial charge in [0.05, 0.1) is 18.8 Å². The van der Waals surface area contributed by atoms with Crippen LogP contribution in [-0.2, 0) is 11.3 Å². The average Bonchev–Trinajstić information content (AvgIpc) is 3.27. The van der Waals surface area contributed by atoms with E-state index in [1.807, 2.05) is 31.2 Å². The summed E-state index contributed by atoms with van der Waals surface area (Å²) in [5.41, 5.74) is 0.742. The van der Waals surface area contributed by atoms with Crippen molar-refractivity contribution in [2.45, 2.75) is 32.4 Å². The second-order valence-electron chi connectivity index (χ2n) is 5.69. The van der Waals surface area contributed by atoms with Crippen molar-refractivity contribution >= 4 is 22.9 Å². The smallest absolute Gasteiger partial charge is 0.238 e. The van der Waals surface area contributed by atoms with Gasteiger partial charge in [0.15, 0.2) is 0 Å². The minimum absolute atomic E-state index is 0.0145. The third-order valence-corrected chi connectivity index (χ3v) is 4.67. The molecule has 5 heteroatoms. The molecule has 0 unspecified atom stereocenters. The Labute approximate surface area is 141 Å². The molecule has 0 bridgehead atoms. The number of para-hydroxylation sites is 2. The fraction of sp³-hybridized carbons (Fsp3) is 0.389. The molecular formula is C18H22N2O2S. The Hall–Kier alpha value is -1.85. The molecule has 1 fully saturated rings. The second kappa shape index (κ2) is 7.62. The summed E-state index contributed by atoms with van der Waals surface area (Å²) in [6.45, 7) is 3.79. The van der Waals surface area contributed by atoms with Gasteiger partial charge < -0.3 is 10.1 Å². The number of nitrogens with zero attached hydrogens (tertiary/aromatic N) is 1. The maximum absolute atomic E-state index is 12.4. The number of benzene rings is 1. The highest BCUT2D eigenvalue weighted by atomic mass is 32.1. The average molecular weight is 330 g/mol. The lowest BCUT2D eigenvalue weighted by atomic mass is 10.3. The lowest BCUT2D eigenvalue weighted by Crippen LogP contribution is -2.34. The Morgan fingerprint density at radius 2 is 2.13 bits per heavy atom. The molecule has 0 atom stereocenters. The van der Waals surface area contributed by atoms with Gasteiger partial charge in [-0.1, -0.05) is 18.2 Å². The van der Waals surface area contributed by atoms with Crippen LogP contribution in [0.3, 0.4) is 0 Å². The number of rotatable bonds is 8. The van der Waals surface area contributed by atoms with E-state index < -0.39 is 0 Å². The first-order chi connectivity index (χ1) is 11.3. The van der Waals surface area contributed by atoms with Crippen molar-refractivity contribution in [2.75, 3.05) is 18.5 Å². The lowest BCUT2D eigenvalue weighted by Gasteiger charge is -2.21. The maximum Gasteiger partial charge on any atom is 0.238 e. The number of hydrogen-bond donors (Lipinski definition) is 1. The summed E-state index contributed by atoms with van der Waals surface area (Å²) < 4.78 is 5.56. The van der Waals surface area contributed by atoms with E-state index in [1.54, 1.807) is 11.3 Å². The number of carbonyl (C=O) groups is 1. The standard InChI is InChI=1S/C18H22N2O2S/c1-2-22-17-8-4-3-7-16(17)19-18(21)13-20(14-9-10-14)12-15-6-5-11-23-15/h3-8,11,14H,2,9-10,12-13H2,1H3,(H,19,21). The van der Waals surface area contributed by atoms with Crippen LogP contribution in [0.5, 0.6) is 5.75 Å². The molecule has 4 nitrogen and oxygen atoms in total. The fourth-order valence-corrected chi connectivity index (χ4v) is 3.31. The van der Waals surface area contributed by atoms with Crippen LogP contribution in [0.2, 0.25) is 0 Å². The molecule has 1 saturated carbocycles. The molecule has 3 rings (SSSR count). The molecule has 1 N–H and O–H groups in total. The van der Waals surface area contributed by atoms with Crippen LogP contribution in [0.4, 0.5) is 5.69 Å². The third kappa shape index (κ3) is 4.56. The van der Waals surface area contributed by atoms with Gasteiger partial charge in [-0.15, -0.1) is 11.3 Å². The highest BCUT2D eigenvalue weighted by Crippen LogP contribution is 2.29. The molecule has 0 aliphatic heterocycles. The van der Waals surface area contributed by atoms with Crippen LogP contribution >= 0.6 is 11.3 Å². The normalized spacial score (nSPS) is 14.0. The van der Waals surface area contributed by atoms with Crippen LogP contribution in [0.1, 0.15) is 24.6 Å². The van der Waals surface area contributed by atoms with Crippen LogP contribution in [-0.4, -0.2) is 30.0 Å². The van der Waals surface area contributed by atoms with Crippen molar-refractivity contribution in [3.05, 3.63) is 46.7 Å². The van der Waals surface area contributed by atoms with Gasteiger partial charge in [0.25, 0.3) is 0 Å². The molecule has 1 aromatic heterocycles. The minimum Gasteiger partial charge on any atom is -0.492 e. The van der Waals surface area contributed by atoms with Gasteiger partial charge >= 0.3 is 0 Å². The zero-order valence-electron chi connectivity index (χ0n) is 13.3. The number of thiophene rings is 1. The van der Waals surface area contributed by atoms with E-state index in [2.05, 4.69) is 27.7 Å². The molecule has 1 amide bonds.